The summed E-state index contributed by atoms with van der Waals surface area (Å²) in [6, 6.07) is 3.86. The van der Waals surface area contributed by atoms with Crippen LogP contribution < -0.4 is 0 Å². The number of nitrogens with one attached hydrogen (secondary N) is 1. The van der Waals surface area contributed by atoms with Crippen LogP contribution in [0.25, 0.3) is 22.3 Å². The lowest BCUT2D eigenvalue weighted by Crippen LogP contribution is -2.24. The zero-order valence-corrected chi connectivity index (χ0v) is 13.8. The van der Waals surface area contributed by atoms with E-state index in [2.05, 4.69) is 35.3 Å². The fourth-order valence-electron chi connectivity index (χ4n) is 3.44. The molecule has 0 saturated carbocycles. The Morgan fingerprint density at radius 1 is 1.39 bits per heavy atom. The molecule has 7 heteroatoms. The maximum absolute atomic E-state index is 13.7. The molecule has 0 aromatic carbocycles. The minimum absolute atomic E-state index is 0.113. The van der Waals surface area contributed by atoms with Gasteiger partial charge in [-0.1, -0.05) is 0 Å². The number of alkyl halides is 1. The van der Waals surface area contributed by atoms with Crippen LogP contribution >= 0.6 is 0 Å². The summed E-state index contributed by atoms with van der Waals surface area (Å²) in [6.07, 6.45) is 8.41. The molecule has 0 spiro atoms. The van der Waals surface area contributed by atoms with Crippen LogP contribution in [0.3, 0.4) is 0 Å². The molecule has 1 aliphatic rings. The third kappa shape index (κ3) is 2.69. The van der Waals surface area contributed by atoms with Gasteiger partial charge in [0.2, 0.25) is 0 Å². The van der Waals surface area contributed by atoms with Crippen molar-refractivity contribution < 1.29 is 4.39 Å². The highest BCUT2D eigenvalue weighted by Gasteiger charge is 2.28. The summed E-state index contributed by atoms with van der Waals surface area (Å²) in [5, 5.41) is 0.985. The van der Waals surface area contributed by atoms with Crippen molar-refractivity contribution >= 4 is 27.5 Å². The molecular formula is C16H17AlFN5. The van der Waals surface area contributed by atoms with Crippen LogP contribution in [0.4, 0.5) is 4.39 Å². The van der Waals surface area contributed by atoms with Crippen LogP contribution in [0.1, 0.15) is 12.5 Å². The lowest BCUT2D eigenvalue weighted by Gasteiger charge is -2.22. The number of fused-ring (bicyclic) bond motifs is 1. The highest BCUT2D eigenvalue weighted by Crippen LogP contribution is 2.31. The topological polar surface area (TPSA) is 49.7 Å². The van der Waals surface area contributed by atoms with Crippen molar-refractivity contribution in [3.8, 4) is 11.3 Å². The fraction of sp³-hybridized carbons (Fsp3) is 0.375. The molecule has 5 nitrogen and oxygen atoms in total. The molecular weight excluding hydrogens is 308 g/mol. The van der Waals surface area contributed by atoms with Gasteiger partial charge in [0.25, 0.3) is 16.5 Å². The SMILES string of the molecule is FCC(C1CC[N]([Al])C1)n1ccc(-c2ncnc3[nH]ccc23)c1. The predicted octanol–water partition coefficient (Wildman–Crippen LogP) is 2.34. The Labute approximate surface area is 142 Å². The van der Waals surface area contributed by atoms with Crippen LogP contribution in [-0.4, -0.2) is 59.7 Å². The number of aromatic nitrogens is 4. The van der Waals surface area contributed by atoms with Crippen LogP contribution in [0, 0.1) is 5.92 Å². The van der Waals surface area contributed by atoms with Gasteiger partial charge in [-0.3, -0.25) is 0 Å². The van der Waals surface area contributed by atoms with Crippen LogP contribution in [0.15, 0.2) is 37.1 Å². The molecule has 4 heterocycles. The molecule has 1 N–H and O–H groups in total. The van der Waals surface area contributed by atoms with Crippen molar-refractivity contribution in [3.63, 3.8) is 0 Å². The van der Waals surface area contributed by atoms with Gasteiger partial charge >= 0.3 is 0 Å². The molecule has 0 bridgehead atoms. The lowest BCUT2D eigenvalue weighted by atomic mass is 10.00. The average Bonchev–Trinajstić information content (AvgIpc) is 3.28. The Bertz CT molecular complexity index is 814. The molecule has 23 heavy (non-hydrogen) atoms. The number of hydrogen-bond acceptors (Lipinski definition) is 3. The van der Waals surface area contributed by atoms with Gasteiger partial charge in [-0.05, 0) is 37.6 Å². The zero-order chi connectivity index (χ0) is 15.8. The summed E-state index contributed by atoms with van der Waals surface area (Å²) in [5.41, 5.74) is 2.70. The molecule has 0 amide bonds. The van der Waals surface area contributed by atoms with E-state index in [9.17, 15) is 4.39 Å². The molecule has 3 aromatic heterocycles. The van der Waals surface area contributed by atoms with E-state index in [4.69, 9.17) is 0 Å². The quantitative estimate of drug-likeness (QED) is 0.749. The Hall–Kier alpha value is -1.68. The summed E-state index contributed by atoms with van der Waals surface area (Å²) >= 11 is 2.72. The molecule has 4 rings (SSSR count). The Kier molecular flexibility index (Phi) is 3.94. The van der Waals surface area contributed by atoms with Crippen molar-refractivity contribution in [3.05, 3.63) is 37.1 Å². The Morgan fingerprint density at radius 2 is 2.30 bits per heavy atom. The summed E-state index contributed by atoms with van der Waals surface area (Å²) in [7, 11) is 0. The second-order valence-corrected chi connectivity index (χ2v) is 6.81. The number of aromatic amines is 1. The monoisotopic (exact) mass is 325 g/mol. The van der Waals surface area contributed by atoms with Gasteiger partial charge in [-0.15, -0.1) is 0 Å². The first kappa shape index (κ1) is 14.9. The van der Waals surface area contributed by atoms with Crippen molar-refractivity contribution in [2.45, 2.75) is 12.5 Å². The maximum Gasteiger partial charge on any atom is 0.255 e. The molecule has 2 radical (unpaired) electrons. The van der Waals surface area contributed by atoms with E-state index in [-0.39, 0.29) is 12.7 Å². The lowest BCUT2D eigenvalue weighted by molar-refractivity contribution is 0.268. The molecule has 3 aromatic rings. The van der Waals surface area contributed by atoms with E-state index in [0.29, 0.717) is 5.92 Å². The molecule has 1 aliphatic heterocycles. The van der Waals surface area contributed by atoms with E-state index in [0.717, 1.165) is 41.8 Å². The van der Waals surface area contributed by atoms with Crippen molar-refractivity contribution in [2.24, 2.45) is 5.92 Å². The number of nitrogens with zero attached hydrogens (tertiary/aromatic N) is 4. The standard InChI is InChI=1S/C16H17FN5.Al/c17-7-14(11-1-4-18-8-11)22-6-3-12(9-22)15-13-2-5-19-16(13)21-10-20-15;/h2-3,5-6,9-11,14H,1,4,7-8H2,(H,19,20,21);/q-1;+1. The summed E-state index contributed by atoms with van der Waals surface area (Å²) < 4.78 is 17.9. The third-order valence-electron chi connectivity index (χ3n) is 4.68. The molecule has 116 valence electrons. The second-order valence-electron chi connectivity index (χ2n) is 6.07. The van der Waals surface area contributed by atoms with E-state index >= 15 is 0 Å². The first-order valence-corrected chi connectivity index (χ1v) is 8.29. The van der Waals surface area contributed by atoms with Gasteiger partial charge in [0.15, 0.2) is 0 Å². The number of rotatable bonds is 4. The van der Waals surface area contributed by atoms with Gasteiger partial charge in [-0.25, -0.2) is 14.4 Å². The fourth-order valence-corrected chi connectivity index (χ4v) is 3.86. The van der Waals surface area contributed by atoms with Gasteiger partial charge in [0.05, 0.1) is 11.7 Å². The highest BCUT2D eigenvalue weighted by atomic mass is 27.1. The first-order valence-electron chi connectivity index (χ1n) is 7.78. The van der Waals surface area contributed by atoms with E-state index in [1.54, 1.807) is 6.33 Å². The molecule has 1 saturated heterocycles. The van der Waals surface area contributed by atoms with Crippen LogP contribution in [0.2, 0.25) is 0 Å². The van der Waals surface area contributed by atoms with E-state index in [1.807, 2.05) is 35.3 Å². The summed E-state index contributed by atoms with van der Waals surface area (Å²) in [6.45, 7) is 1.58. The molecule has 2 atom stereocenters. The third-order valence-corrected chi connectivity index (χ3v) is 5.15. The number of halogens is 1. The molecule has 1 fully saturated rings. The summed E-state index contributed by atoms with van der Waals surface area (Å²) in [4.78, 5) is 11.7. The Balaban J connectivity index is 1.67. The van der Waals surface area contributed by atoms with Crippen LogP contribution in [-0.2, 0) is 0 Å². The van der Waals surface area contributed by atoms with Crippen molar-refractivity contribution in [1.29, 1.82) is 0 Å². The van der Waals surface area contributed by atoms with Crippen LogP contribution in [0.5, 0.6) is 0 Å². The number of H-pyrrole nitrogens is 1. The maximum atomic E-state index is 13.7. The van der Waals surface area contributed by atoms with Gasteiger partial charge in [-0.2, -0.15) is 0 Å². The largest absolute Gasteiger partial charge is 0.402 e. The van der Waals surface area contributed by atoms with Crippen molar-refractivity contribution in [1.82, 2.24) is 23.4 Å². The Morgan fingerprint density at radius 3 is 3.09 bits per heavy atom. The second kappa shape index (κ2) is 6.08. The highest BCUT2D eigenvalue weighted by molar-refractivity contribution is 6.04. The molecule has 2 unspecified atom stereocenters. The minimum atomic E-state index is -0.347. The van der Waals surface area contributed by atoms with Gasteiger partial charge in [0.1, 0.15) is 18.6 Å². The molecule has 0 aliphatic carbocycles. The van der Waals surface area contributed by atoms with E-state index in [1.165, 1.54) is 0 Å². The zero-order valence-electron chi connectivity index (χ0n) is 12.7. The van der Waals surface area contributed by atoms with Crippen molar-refractivity contribution in [2.75, 3.05) is 19.8 Å². The smallest absolute Gasteiger partial charge is 0.255 e. The van der Waals surface area contributed by atoms with Gasteiger partial charge in [0, 0.05) is 29.5 Å². The summed E-state index contributed by atoms with van der Waals surface area (Å²) in [5.74, 6) is 0.343. The first-order chi connectivity index (χ1) is 11.3. The number of hydrogen-bond donors (Lipinski definition) is 1. The van der Waals surface area contributed by atoms with E-state index < -0.39 is 0 Å². The van der Waals surface area contributed by atoms with Gasteiger partial charge < -0.3 is 13.4 Å². The normalized spacial score (nSPS) is 20.3. The average molecular weight is 325 g/mol. The predicted molar refractivity (Wildman–Crippen MR) is 87.8 cm³/mol. The minimum Gasteiger partial charge on any atom is -0.402 e.